The lowest BCUT2D eigenvalue weighted by molar-refractivity contribution is 0.202. The van der Waals surface area contributed by atoms with Gasteiger partial charge in [0.05, 0.1) is 5.69 Å². The van der Waals surface area contributed by atoms with Crippen LogP contribution in [0.5, 0.6) is 0 Å². The fourth-order valence-electron chi connectivity index (χ4n) is 3.79. The molecule has 1 aliphatic heterocycles. The summed E-state index contributed by atoms with van der Waals surface area (Å²) >= 11 is 0. The first-order valence-corrected chi connectivity index (χ1v) is 9.00. The lowest BCUT2D eigenvalue weighted by atomic mass is 9.91. The number of anilines is 1. The molecule has 7 heteroatoms. The summed E-state index contributed by atoms with van der Waals surface area (Å²) < 4.78 is 18.7. The molecular formula is C20H24ClFN4O. The molecule has 5 nitrogen and oxygen atoms in total. The zero-order valence-electron chi connectivity index (χ0n) is 15.6. The molecule has 144 valence electrons. The van der Waals surface area contributed by atoms with E-state index in [-0.39, 0.29) is 18.2 Å². The highest BCUT2D eigenvalue weighted by Crippen LogP contribution is 2.33. The Bertz CT molecular complexity index is 906. The van der Waals surface area contributed by atoms with Crippen LogP contribution in [0.3, 0.4) is 0 Å². The van der Waals surface area contributed by atoms with Crippen molar-refractivity contribution in [2.75, 3.05) is 32.1 Å². The van der Waals surface area contributed by atoms with Gasteiger partial charge >= 0.3 is 0 Å². The molecule has 0 unspecified atom stereocenters. The largest absolute Gasteiger partial charge is 0.362 e. The van der Waals surface area contributed by atoms with Gasteiger partial charge in [0, 0.05) is 49.8 Å². The van der Waals surface area contributed by atoms with Gasteiger partial charge in [-0.25, -0.2) is 9.37 Å². The van der Waals surface area contributed by atoms with Crippen LogP contribution in [0.4, 0.5) is 10.2 Å². The van der Waals surface area contributed by atoms with Gasteiger partial charge in [0.1, 0.15) is 11.6 Å². The first-order chi connectivity index (χ1) is 12.6. The third kappa shape index (κ3) is 4.06. The number of pyridine rings is 1. The molecule has 0 aliphatic carbocycles. The highest BCUT2D eigenvalue weighted by atomic mass is 35.5. The van der Waals surface area contributed by atoms with Gasteiger partial charge in [-0.05, 0) is 44.1 Å². The SMILES string of the molecule is CN(C)c1ncccc1CN1CCC(c2noc3cc(F)ccc23)CC1.Cl. The van der Waals surface area contributed by atoms with Crippen molar-refractivity contribution in [3.63, 3.8) is 0 Å². The maximum absolute atomic E-state index is 13.3. The van der Waals surface area contributed by atoms with Gasteiger partial charge < -0.3 is 9.42 Å². The molecule has 3 aromatic rings. The van der Waals surface area contributed by atoms with Crippen LogP contribution in [0.1, 0.15) is 30.0 Å². The molecule has 2 aromatic heterocycles. The zero-order chi connectivity index (χ0) is 18.1. The lowest BCUT2D eigenvalue weighted by Gasteiger charge is -2.31. The average molecular weight is 391 g/mol. The van der Waals surface area contributed by atoms with E-state index in [1.807, 2.05) is 26.4 Å². The van der Waals surface area contributed by atoms with E-state index in [9.17, 15) is 4.39 Å². The summed E-state index contributed by atoms with van der Waals surface area (Å²) in [5.74, 6) is 1.10. The first-order valence-electron chi connectivity index (χ1n) is 9.00. The van der Waals surface area contributed by atoms with E-state index in [1.54, 1.807) is 6.07 Å². The number of aromatic nitrogens is 2. The fraction of sp³-hybridized carbons (Fsp3) is 0.400. The number of rotatable bonds is 4. The van der Waals surface area contributed by atoms with Crippen LogP contribution < -0.4 is 4.90 Å². The quantitative estimate of drug-likeness (QED) is 0.667. The first kappa shape index (κ1) is 19.6. The Morgan fingerprint density at radius 3 is 2.74 bits per heavy atom. The van der Waals surface area contributed by atoms with Crippen LogP contribution in [0, 0.1) is 5.82 Å². The highest BCUT2D eigenvalue weighted by Gasteiger charge is 2.25. The van der Waals surface area contributed by atoms with Crippen molar-refractivity contribution >= 4 is 29.2 Å². The minimum absolute atomic E-state index is 0. The highest BCUT2D eigenvalue weighted by molar-refractivity contribution is 5.85. The molecule has 0 bridgehead atoms. The van der Waals surface area contributed by atoms with E-state index in [0.29, 0.717) is 11.5 Å². The summed E-state index contributed by atoms with van der Waals surface area (Å²) in [5, 5.41) is 5.17. The van der Waals surface area contributed by atoms with E-state index in [0.717, 1.165) is 49.4 Å². The number of hydrogen-bond donors (Lipinski definition) is 0. The predicted molar refractivity (Wildman–Crippen MR) is 107 cm³/mol. The molecule has 0 radical (unpaired) electrons. The summed E-state index contributed by atoms with van der Waals surface area (Å²) in [6.07, 6.45) is 3.89. The maximum atomic E-state index is 13.3. The van der Waals surface area contributed by atoms with Crippen molar-refractivity contribution in [1.29, 1.82) is 0 Å². The van der Waals surface area contributed by atoms with Gasteiger partial charge in [0.2, 0.25) is 0 Å². The normalized spacial score (nSPS) is 15.7. The Morgan fingerprint density at radius 2 is 2.00 bits per heavy atom. The fourth-order valence-corrected chi connectivity index (χ4v) is 3.79. The molecule has 0 N–H and O–H groups in total. The Morgan fingerprint density at radius 1 is 1.22 bits per heavy atom. The maximum Gasteiger partial charge on any atom is 0.170 e. The molecule has 0 amide bonds. The minimum atomic E-state index is -0.289. The molecule has 1 aromatic carbocycles. The summed E-state index contributed by atoms with van der Waals surface area (Å²) in [5.41, 5.74) is 2.75. The summed E-state index contributed by atoms with van der Waals surface area (Å²) in [6.45, 7) is 2.91. The van der Waals surface area contributed by atoms with Gasteiger partial charge in [-0.2, -0.15) is 0 Å². The minimum Gasteiger partial charge on any atom is -0.362 e. The third-order valence-corrected chi connectivity index (χ3v) is 5.12. The smallest absolute Gasteiger partial charge is 0.170 e. The van der Waals surface area contributed by atoms with Gasteiger partial charge in [-0.3, -0.25) is 4.90 Å². The van der Waals surface area contributed by atoms with Crippen LogP contribution >= 0.6 is 12.4 Å². The number of halogens is 2. The van der Waals surface area contributed by atoms with Gasteiger partial charge in [-0.15, -0.1) is 12.4 Å². The third-order valence-electron chi connectivity index (χ3n) is 5.12. The standard InChI is InChI=1S/C20H23FN4O.ClH/c1-24(2)20-15(4-3-9-22-20)13-25-10-7-14(8-11-25)19-17-6-5-16(21)12-18(17)26-23-19;/h3-6,9,12,14H,7-8,10-11,13H2,1-2H3;1H. The van der Waals surface area contributed by atoms with Crippen LogP contribution in [0.15, 0.2) is 41.1 Å². The molecule has 27 heavy (non-hydrogen) atoms. The van der Waals surface area contributed by atoms with Crippen molar-refractivity contribution in [3.8, 4) is 0 Å². The molecule has 4 rings (SSSR count). The number of nitrogens with zero attached hydrogens (tertiary/aromatic N) is 4. The van der Waals surface area contributed by atoms with Crippen LogP contribution in [-0.2, 0) is 6.54 Å². The predicted octanol–water partition coefficient (Wildman–Crippen LogP) is 4.23. The lowest BCUT2D eigenvalue weighted by Crippen LogP contribution is -2.33. The summed E-state index contributed by atoms with van der Waals surface area (Å²) in [6, 6.07) is 8.81. The topological polar surface area (TPSA) is 45.4 Å². The molecular weight excluding hydrogens is 367 g/mol. The molecule has 0 saturated carbocycles. The monoisotopic (exact) mass is 390 g/mol. The number of fused-ring (bicyclic) bond motifs is 1. The number of hydrogen-bond acceptors (Lipinski definition) is 5. The Labute approximate surface area is 164 Å². The zero-order valence-corrected chi connectivity index (χ0v) is 16.4. The molecule has 1 saturated heterocycles. The second kappa shape index (κ2) is 8.23. The number of likely N-dealkylation sites (tertiary alicyclic amines) is 1. The van der Waals surface area contributed by atoms with Gasteiger partial charge in [0.15, 0.2) is 5.58 Å². The van der Waals surface area contributed by atoms with E-state index < -0.39 is 0 Å². The van der Waals surface area contributed by atoms with E-state index >= 15 is 0 Å². The Hall–Kier alpha value is -2.18. The second-order valence-electron chi connectivity index (χ2n) is 7.14. The number of benzene rings is 1. The van der Waals surface area contributed by atoms with E-state index in [2.05, 4.69) is 26.0 Å². The Balaban J connectivity index is 0.00000210. The summed E-state index contributed by atoms with van der Waals surface area (Å²) in [4.78, 5) is 9.01. The van der Waals surface area contributed by atoms with Crippen molar-refractivity contribution in [2.24, 2.45) is 0 Å². The van der Waals surface area contributed by atoms with Gasteiger partial charge in [0.25, 0.3) is 0 Å². The van der Waals surface area contributed by atoms with Crippen LogP contribution in [0.25, 0.3) is 11.0 Å². The molecule has 0 atom stereocenters. The second-order valence-corrected chi connectivity index (χ2v) is 7.14. The van der Waals surface area contributed by atoms with E-state index in [4.69, 9.17) is 4.52 Å². The van der Waals surface area contributed by atoms with Crippen molar-refractivity contribution in [3.05, 3.63) is 53.6 Å². The summed E-state index contributed by atoms with van der Waals surface area (Å²) in [7, 11) is 4.05. The van der Waals surface area contributed by atoms with Crippen molar-refractivity contribution in [1.82, 2.24) is 15.0 Å². The molecule has 3 heterocycles. The number of piperidine rings is 1. The van der Waals surface area contributed by atoms with Crippen LogP contribution in [-0.4, -0.2) is 42.2 Å². The van der Waals surface area contributed by atoms with Gasteiger partial charge in [-0.1, -0.05) is 11.2 Å². The van der Waals surface area contributed by atoms with Crippen molar-refractivity contribution < 1.29 is 8.91 Å². The van der Waals surface area contributed by atoms with Crippen molar-refractivity contribution in [2.45, 2.75) is 25.3 Å². The van der Waals surface area contributed by atoms with E-state index in [1.165, 1.54) is 17.7 Å². The molecule has 0 spiro atoms. The molecule has 1 aliphatic rings. The Kier molecular flexibility index (Phi) is 5.97. The average Bonchev–Trinajstić information content (AvgIpc) is 3.05. The molecule has 1 fully saturated rings. The van der Waals surface area contributed by atoms with Crippen LogP contribution in [0.2, 0.25) is 0 Å².